The van der Waals surface area contributed by atoms with Crippen molar-refractivity contribution >= 4 is 22.7 Å². The quantitative estimate of drug-likeness (QED) is 0.219. The zero-order valence-electron chi connectivity index (χ0n) is 20.3. The number of fused-ring (bicyclic) bond motifs is 1. The van der Waals surface area contributed by atoms with Crippen LogP contribution in [-0.2, 0) is 4.79 Å². The second-order valence-corrected chi connectivity index (χ2v) is 8.50. The minimum atomic E-state index is -0.844. The van der Waals surface area contributed by atoms with Crippen LogP contribution < -0.4 is 20.8 Å². The zero-order chi connectivity index (χ0) is 26.5. The summed E-state index contributed by atoms with van der Waals surface area (Å²) >= 11 is 0. The van der Waals surface area contributed by atoms with Crippen molar-refractivity contribution in [1.82, 2.24) is 15.6 Å². The van der Waals surface area contributed by atoms with E-state index in [4.69, 9.17) is 9.15 Å². The van der Waals surface area contributed by atoms with Crippen molar-refractivity contribution in [3.63, 3.8) is 0 Å². The maximum Gasteiger partial charge on any atom is 0.267 e. The lowest BCUT2D eigenvalue weighted by atomic mass is 9.91. The number of ether oxygens (including phenoxy) is 1. The van der Waals surface area contributed by atoms with Gasteiger partial charge < -0.3 is 35.0 Å². The van der Waals surface area contributed by atoms with Gasteiger partial charge in [-0.1, -0.05) is 24.3 Å². The molecular weight excluding hydrogens is 478 g/mol. The van der Waals surface area contributed by atoms with Crippen LogP contribution in [0.4, 0.5) is 0 Å². The summed E-state index contributed by atoms with van der Waals surface area (Å²) in [6, 6.07) is 14.9. The van der Waals surface area contributed by atoms with E-state index in [2.05, 4.69) is 15.6 Å². The van der Waals surface area contributed by atoms with Crippen LogP contribution in [0.3, 0.4) is 0 Å². The summed E-state index contributed by atoms with van der Waals surface area (Å²) in [4.78, 5) is 40.5. The molecule has 2 heterocycles. The number of benzene rings is 2. The number of rotatable bonds is 9. The first-order valence-corrected chi connectivity index (χ1v) is 11.6. The molecule has 0 aliphatic heterocycles. The Morgan fingerprint density at radius 2 is 1.81 bits per heavy atom. The Hall–Kier alpha value is -4.73. The minimum absolute atomic E-state index is 0.0694. The SMILES string of the molecule is COc1cc(C(CC(=O)NCCNC(=O)c2cc3ccccc3[nH]2)c2oc(C)cc(=O)c2O)ccc1O. The first-order valence-electron chi connectivity index (χ1n) is 11.6. The molecule has 4 aromatic rings. The molecule has 0 fully saturated rings. The molecule has 2 aromatic heterocycles. The largest absolute Gasteiger partial charge is 0.504 e. The number of aromatic nitrogens is 1. The van der Waals surface area contributed by atoms with Crippen molar-refractivity contribution in [2.75, 3.05) is 20.2 Å². The molecular formula is C27H27N3O7. The average molecular weight is 506 g/mol. The number of carbonyl (C=O) groups is 2. The predicted molar refractivity (Wildman–Crippen MR) is 136 cm³/mol. The number of H-pyrrole nitrogens is 1. The van der Waals surface area contributed by atoms with Crippen molar-refractivity contribution in [3.8, 4) is 17.2 Å². The first kappa shape index (κ1) is 25.4. The van der Waals surface area contributed by atoms with Gasteiger partial charge >= 0.3 is 0 Å². The maximum absolute atomic E-state index is 12.8. The van der Waals surface area contributed by atoms with Crippen LogP contribution in [0.25, 0.3) is 10.9 Å². The molecule has 1 unspecified atom stereocenters. The predicted octanol–water partition coefficient (Wildman–Crippen LogP) is 2.92. The lowest BCUT2D eigenvalue weighted by Crippen LogP contribution is -2.35. The van der Waals surface area contributed by atoms with E-state index in [0.29, 0.717) is 11.3 Å². The Morgan fingerprint density at radius 1 is 1.05 bits per heavy atom. The van der Waals surface area contributed by atoms with Crippen molar-refractivity contribution in [1.29, 1.82) is 0 Å². The van der Waals surface area contributed by atoms with E-state index in [-0.39, 0.29) is 48.4 Å². The van der Waals surface area contributed by atoms with E-state index in [1.165, 1.54) is 19.2 Å². The molecule has 0 spiro atoms. The topological polar surface area (TPSA) is 154 Å². The number of aromatic hydroxyl groups is 2. The third kappa shape index (κ3) is 5.75. The summed E-state index contributed by atoms with van der Waals surface area (Å²) in [5, 5.41) is 26.8. The molecule has 192 valence electrons. The van der Waals surface area contributed by atoms with Crippen LogP contribution in [-0.4, -0.2) is 47.2 Å². The highest BCUT2D eigenvalue weighted by Crippen LogP contribution is 2.37. The van der Waals surface area contributed by atoms with Crippen LogP contribution in [0.5, 0.6) is 17.2 Å². The molecule has 0 aliphatic rings. The molecule has 2 amide bonds. The standard InChI is InChI=1S/C27H27N3O7/c1-15-11-22(32)25(34)26(37-15)18(16-7-8-21(31)23(13-16)36-2)14-24(33)28-9-10-29-27(35)20-12-17-5-3-4-6-19(17)30-20/h3-8,11-13,18,30-31,34H,9-10,14H2,1-2H3,(H,28,33)(H,29,35). The van der Waals surface area contributed by atoms with Crippen LogP contribution in [0.2, 0.25) is 0 Å². The average Bonchev–Trinajstić information content (AvgIpc) is 3.32. The third-order valence-electron chi connectivity index (χ3n) is 5.89. The molecule has 0 saturated heterocycles. The number of phenols is 1. The van der Waals surface area contributed by atoms with Crippen molar-refractivity contribution in [2.24, 2.45) is 0 Å². The number of hydrogen-bond donors (Lipinski definition) is 5. The number of carbonyl (C=O) groups excluding carboxylic acids is 2. The maximum atomic E-state index is 12.8. The molecule has 0 radical (unpaired) electrons. The molecule has 10 heteroatoms. The van der Waals surface area contributed by atoms with E-state index < -0.39 is 23.0 Å². The fourth-order valence-corrected chi connectivity index (χ4v) is 4.06. The van der Waals surface area contributed by atoms with Gasteiger partial charge in [0.25, 0.3) is 5.91 Å². The number of amides is 2. The molecule has 2 aromatic carbocycles. The van der Waals surface area contributed by atoms with Crippen LogP contribution in [0.15, 0.2) is 63.8 Å². The second-order valence-electron chi connectivity index (χ2n) is 8.50. The monoisotopic (exact) mass is 505 g/mol. The normalized spacial score (nSPS) is 11.7. The van der Waals surface area contributed by atoms with E-state index in [0.717, 1.165) is 17.0 Å². The Balaban J connectivity index is 1.44. The second kappa shape index (κ2) is 10.9. The highest BCUT2D eigenvalue weighted by atomic mass is 16.5. The van der Waals surface area contributed by atoms with E-state index in [1.807, 2.05) is 24.3 Å². The van der Waals surface area contributed by atoms with Crippen molar-refractivity contribution < 1.29 is 29.0 Å². The summed E-state index contributed by atoms with van der Waals surface area (Å²) in [7, 11) is 1.38. The molecule has 5 N–H and O–H groups in total. The van der Waals surface area contributed by atoms with Gasteiger partial charge in [0.2, 0.25) is 17.1 Å². The van der Waals surface area contributed by atoms with Gasteiger partial charge in [0.05, 0.1) is 13.0 Å². The lowest BCUT2D eigenvalue weighted by Gasteiger charge is -2.19. The Morgan fingerprint density at radius 3 is 2.57 bits per heavy atom. The molecule has 0 bridgehead atoms. The Kier molecular flexibility index (Phi) is 7.47. The van der Waals surface area contributed by atoms with E-state index in [9.17, 15) is 24.6 Å². The Labute approximate surface area is 211 Å². The fourth-order valence-electron chi connectivity index (χ4n) is 4.06. The number of methoxy groups -OCH3 is 1. The van der Waals surface area contributed by atoms with Gasteiger partial charge in [-0.3, -0.25) is 14.4 Å². The zero-order valence-corrected chi connectivity index (χ0v) is 20.3. The number of nitrogens with one attached hydrogen (secondary N) is 3. The molecule has 37 heavy (non-hydrogen) atoms. The van der Waals surface area contributed by atoms with Gasteiger partial charge in [-0.25, -0.2) is 0 Å². The molecule has 0 saturated carbocycles. The number of aromatic amines is 1. The van der Waals surface area contributed by atoms with Gasteiger partial charge in [0, 0.05) is 36.5 Å². The number of phenolic OH excluding ortho intramolecular Hbond substituents is 1. The Bertz CT molecular complexity index is 1470. The van der Waals surface area contributed by atoms with Gasteiger partial charge in [-0.2, -0.15) is 0 Å². The summed E-state index contributed by atoms with van der Waals surface area (Å²) in [6.07, 6.45) is -0.177. The molecule has 0 aliphatic carbocycles. The molecule has 4 rings (SSSR count). The summed E-state index contributed by atoms with van der Waals surface area (Å²) < 4.78 is 10.8. The summed E-state index contributed by atoms with van der Waals surface area (Å²) in [5.41, 5.74) is 1.12. The lowest BCUT2D eigenvalue weighted by molar-refractivity contribution is -0.121. The summed E-state index contributed by atoms with van der Waals surface area (Å²) in [5.74, 6) is -1.88. The highest BCUT2D eigenvalue weighted by Gasteiger charge is 2.26. The van der Waals surface area contributed by atoms with Crippen molar-refractivity contribution in [2.45, 2.75) is 19.3 Å². The first-order chi connectivity index (χ1) is 17.8. The van der Waals surface area contributed by atoms with Crippen molar-refractivity contribution in [3.05, 3.63) is 87.6 Å². The number of hydrogen-bond acceptors (Lipinski definition) is 7. The van der Waals surface area contributed by atoms with E-state index >= 15 is 0 Å². The van der Waals surface area contributed by atoms with Gasteiger partial charge in [0.15, 0.2) is 17.3 Å². The van der Waals surface area contributed by atoms with Crippen LogP contribution in [0, 0.1) is 6.92 Å². The fraction of sp³-hybridized carbons (Fsp3) is 0.222. The van der Waals surface area contributed by atoms with Gasteiger partial charge in [-0.15, -0.1) is 0 Å². The van der Waals surface area contributed by atoms with Gasteiger partial charge in [-0.05, 0) is 36.8 Å². The third-order valence-corrected chi connectivity index (χ3v) is 5.89. The van der Waals surface area contributed by atoms with Crippen LogP contribution >= 0.6 is 0 Å². The minimum Gasteiger partial charge on any atom is -0.504 e. The molecule has 10 nitrogen and oxygen atoms in total. The van der Waals surface area contributed by atoms with Crippen LogP contribution in [0.1, 0.15) is 39.9 Å². The van der Waals surface area contributed by atoms with E-state index in [1.54, 1.807) is 19.1 Å². The number of aryl methyl sites for hydroxylation is 1. The van der Waals surface area contributed by atoms with Gasteiger partial charge in [0.1, 0.15) is 11.5 Å². The summed E-state index contributed by atoms with van der Waals surface area (Å²) in [6.45, 7) is 1.90. The smallest absolute Gasteiger partial charge is 0.267 e. The highest BCUT2D eigenvalue weighted by molar-refractivity contribution is 5.98. The molecule has 1 atom stereocenters. The number of para-hydroxylation sites is 1.